The Morgan fingerprint density at radius 2 is 1.31 bits per heavy atom. The third-order valence-corrected chi connectivity index (χ3v) is 9.06. The molecule has 0 radical (unpaired) electrons. The molecule has 7 rings (SSSR count). The molecule has 5 heteroatoms. The molecule has 0 aliphatic carbocycles. The number of anilines is 2. The molecule has 0 aromatic heterocycles. The molecule has 0 amide bonds. The molecule has 2 heterocycles. The van der Waals surface area contributed by atoms with E-state index in [9.17, 15) is 0 Å². The molecule has 0 spiro atoms. The molecule has 0 saturated heterocycles. The van der Waals surface area contributed by atoms with Crippen LogP contribution in [0.1, 0.15) is 28.4 Å². The summed E-state index contributed by atoms with van der Waals surface area (Å²) in [5.41, 5.74) is 5.07. The Morgan fingerprint density at radius 1 is 0.692 bits per heavy atom. The van der Waals surface area contributed by atoms with Gasteiger partial charge in [-0.15, -0.1) is 11.8 Å². The summed E-state index contributed by atoms with van der Waals surface area (Å²) >= 11 is 8.38. The molecule has 0 fully saturated rings. The third kappa shape index (κ3) is 4.12. The second-order valence-electron chi connectivity index (χ2n) is 9.78. The Morgan fingerprint density at radius 3 is 2.03 bits per heavy atom. The fourth-order valence-electron chi connectivity index (χ4n) is 5.73. The van der Waals surface area contributed by atoms with E-state index in [0.717, 1.165) is 39.8 Å². The number of halogens is 1. The minimum atomic E-state index is -0.642. The lowest BCUT2D eigenvalue weighted by Crippen LogP contribution is -2.54. The number of fused-ring (bicyclic) bond motifs is 3. The highest BCUT2D eigenvalue weighted by molar-refractivity contribution is 7.99. The number of amidine groups is 1. The van der Waals surface area contributed by atoms with Crippen molar-refractivity contribution in [1.82, 2.24) is 0 Å². The predicted octanol–water partition coefficient (Wildman–Crippen LogP) is 9.12. The number of rotatable bonds is 4. The molecule has 5 aromatic carbocycles. The number of nitrogens with zero attached hydrogens (tertiary/aromatic N) is 3. The van der Waals surface area contributed by atoms with E-state index in [1.165, 1.54) is 10.5 Å². The number of benzene rings is 5. The molecule has 2 aliphatic rings. The van der Waals surface area contributed by atoms with Gasteiger partial charge in [-0.3, -0.25) is 4.90 Å². The van der Waals surface area contributed by atoms with E-state index in [0.29, 0.717) is 0 Å². The summed E-state index contributed by atoms with van der Waals surface area (Å²) in [4.78, 5) is 3.70. The van der Waals surface area contributed by atoms with Gasteiger partial charge in [-0.05, 0) is 42.0 Å². The summed E-state index contributed by atoms with van der Waals surface area (Å²) in [7, 11) is 0. The van der Waals surface area contributed by atoms with Crippen molar-refractivity contribution >= 4 is 40.6 Å². The first-order chi connectivity index (χ1) is 19.2. The molecule has 0 N–H and O–H groups in total. The number of hydrogen-bond donors (Lipinski definition) is 0. The van der Waals surface area contributed by atoms with Gasteiger partial charge in [0.1, 0.15) is 0 Å². The molecule has 5 aromatic rings. The van der Waals surface area contributed by atoms with E-state index in [-0.39, 0.29) is 5.25 Å². The molecule has 2 aliphatic heterocycles. The van der Waals surface area contributed by atoms with Crippen LogP contribution in [0.4, 0.5) is 11.4 Å². The minimum Gasteiger partial charge on any atom is -0.294 e. The molecule has 2 atom stereocenters. The SMILES string of the molecule is Clc1ccc([C@@]23C[C@@H](c4ccccc4)Sc4ccccc4N2C(c2ccccc2)=NN3c2ccccc2)cc1. The molecule has 190 valence electrons. The van der Waals surface area contributed by atoms with Crippen LogP contribution in [0.25, 0.3) is 0 Å². The fourth-order valence-corrected chi connectivity index (χ4v) is 7.21. The third-order valence-electron chi connectivity index (χ3n) is 7.48. The molecule has 0 unspecified atom stereocenters. The first kappa shape index (κ1) is 24.1. The number of para-hydroxylation sites is 2. The Balaban J connectivity index is 1.56. The van der Waals surface area contributed by atoms with Crippen molar-refractivity contribution in [2.75, 3.05) is 9.91 Å². The molecular weight excluding hydrogens is 518 g/mol. The average Bonchev–Trinajstić information content (AvgIpc) is 3.26. The Labute approximate surface area is 238 Å². The van der Waals surface area contributed by atoms with E-state index in [4.69, 9.17) is 16.7 Å². The Bertz CT molecular complexity index is 1620. The highest BCUT2D eigenvalue weighted by Crippen LogP contribution is 2.57. The standard InChI is InChI=1S/C34H26ClN3S/c35-28-22-20-27(21-23-28)34-24-32(25-12-4-1-5-13-25)39-31-19-11-10-18-30(31)37(34)33(26-14-6-2-7-15-26)36-38(34)29-16-8-3-9-17-29/h1-23,32H,24H2/t32-,34-/m0/s1. The monoisotopic (exact) mass is 543 g/mol. The molecule has 3 nitrogen and oxygen atoms in total. The van der Waals surface area contributed by atoms with Crippen LogP contribution in [0.2, 0.25) is 5.02 Å². The summed E-state index contributed by atoms with van der Waals surface area (Å²) in [6.07, 6.45) is 0.798. The van der Waals surface area contributed by atoms with Crippen LogP contribution in [0.15, 0.2) is 150 Å². The van der Waals surface area contributed by atoms with Gasteiger partial charge in [0.05, 0.1) is 11.4 Å². The summed E-state index contributed by atoms with van der Waals surface area (Å²) < 4.78 is 0. The van der Waals surface area contributed by atoms with E-state index in [1.807, 2.05) is 23.9 Å². The van der Waals surface area contributed by atoms with Crippen molar-refractivity contribution in [1.29, 1.82) is 0 Å². The quantitative estimate of drug-likeness (QED) is 0.225. The highest BCUT2D eigenvalue weighted by atomic mass is 35.5. The van der Waals surface area contributed by atoms with Crippen molar-refractivity contribution < 1.29 is 0 Å². The summed E-state index contributed by atoms with van der Waals surface area (Å²) in [6.45, 7) is 0. The largest absolute Gasteiger partial charge is 0.294 e. The molecular formula is C34H26ClN3S. The predicted molar refractivity (Wildman–Crippen MR) is 164 cm³/mol. The summed E-state index contributed by atoms with van der Waals surface area (Å²) in [5, 5.41) is 8.58. The van der Waals surface area contributed by atoms with Crippen molar-refractivity contribution in [3.8, 4) is 0 Å². The molecule has 0 saturated carbocycles. The van der Waals surface area contributed by atoms with Gasteiger partial charge >= 0.3 is 0 Å². The van der Waals surface area contributed by atoms with Gasteiger partial charge in [0.15, 0.2) is 11.5 Å². The maximum Gasteiger partial charge on any atom is 0.167 e. The van der Waals surface area contributed by atoms with Gasteiger partial charge in [0.25, 0.3) is 0 Å². The van der Waals surface area contributed by atoms with Crippen LogP contribution in [0, 0.1) is 0 Å². The normalized spacial score (nSPS) is 20.1. The van der Waals surface area contributed by atoms with E-state index in [2.05, 4.69) is 137 Å². The van der Waals surface area contributed by atoms with Crippen LogP contribution >= 0.6 is 23.4 Å². The van der Waals surface area contributed by atoms with Gasteiger partial charge in [-0.1, -0.05) is 115 Å². The van der Waals surface area contributed by atoms with Gasteiger partial charge in [-0.2, -0.15) is 5.10 Å². The zero-order valence-corrected chi connectivity index (χ0v) is 22.8. The van der Waals surface area contributed by atoms with Crippen LogP contribution in [0.3, 0.4) is 0 Å². The van der Waals surface area contributed by atoms with Crippen molar-refractivity contribution in [3.05, 3.63) is 161 Å². The first-order valence-corrected chi connectivity index (χ1v) is 14.4. The lowest BCUT2D eigenvalue weighted by atomic mass is 9.88. The zero-order valence-electron chi connectivity index (χ0n) is 21.2. The topological polar surface area (TPSA) is 18.8 Å². The highest BCUT2D eigenvalue weighted by Gasteiger charge is 2.55. The second-order valence-corrected chi connectivity index (χ2v) is 11.5. The summed E-state index contributed by atoms with van der Waals surface area (Å²) in [5.74, 6) is 0.927. The van der Waals surface area contributed by atoms with Crippen molar-refractivity contribution in [2.45, 2.75) is 22.2 Å². The van der Waals surface area contributed by atoms with Crippen LogP contribution in [0.5, 0.6) is 0 Å². The molecule has 0 bridgehead atoms. The van der Waals surface area contributed by atoms with E-state index in [1.54, 1.807) is 0 Å². The second kappa shape index (κ2) is 9.96. The van der Waals surface area contributed by atoms with Crippen LogP contribution < -0.4 is 9.91 Å². The lowest BCUT2D eigenvalue weighted by Gasteiger charge is -2.45. The van der Waals surface area contributed by atoms with E-state index < -0.39 is 5.66 Å². The van der Waals surface area contributed by atoms with E-state index >= 15 is 0 Å². The maximum atomic E-state index is 6.45. The first-order valence-electron chi connectivity index (χ1n) is 13.1. The zero-order chi connectivity index (χ0) is 26.2. The van der Waals surface area contributed by atoms with Gasteiger partial charge in [-0.25, -0.2) is 5.01 Å². The number of hydrazone groups is 1. The van der Waals surface area contributed by atoms with Gasteiger partial charge in [0, 0.05) is 32.7 Å². The van der Waals surface area contributed by atoms with Crippen molar-refractivity contribution in [3.63, 3.8) is 0 Å². The van der Waals surface area contributed by atoms with Crippen molar-refractivity contribution in [2.24, 2.45) is 5.10 Å². The average molecular weight is 544 g/mol. The smallest absolute Gasteiger partial charge is 0.167 e. The Hall–Kier alpha value is -3.99. The van der Waals surface area contributed by atoms with Gasteiger partial charge < -0.3 is 0 Å². The Kier molecular flexibility index (Phi) is 6.15. The number of thioether (sulfide) groups is 1. The number of hydrogen-bond acceptors (Lipinski definition) is 4. The van der Waals surface area contributed by atoms with Gasteiger partial charge in [0.2, 0.25) is 0 Å². The fraction of sp³-hybridized carbons (Fsp3) is 0.0882. The van der Waals surface area contributed by atoms with Crippen LogP contribution in [-0.2, 0) is 5.66 Å². The maximum absolute atomic E-state index is 6.45. The van der Waals surface area contributed by atoms with Crippen LogP contribution in [-0.4, -0.2) is 5.84 Å². The minimum absolute atomic E-state index is 0.185. The summed E-state index contributed by atoms with van der Waals surface area (Å²) in [6, 6.07) is 48.9. The molecule has 39 heavy (non-hydrogen) atoms. The lowest BCUT2D eigenvalue weighted by molar-refractivity contribution is 0.407.